The van der Waals surface area contributed by atoms with Gasteiger partial charge in [0.1, 0.15) is 4.90 Å². The largest absolute Gasteiger partial charge is 0.398 e. The van der Waals surface area contributed by atoms with Crippen LogP contribution in [0.2, 0.25) is 5.02 Å². The topological polar surface area (TPSA) is 81.4 Å². The second kappa shape index (κ2) is 7.45. The van der Waals surface area contributed by atoms with Gasteiger partial charge in [-0.25, -0.2) is 13.1 Å². The van der Waals surface area contributed by atoms with Crippen molar-refractivity contribution >= 4 is 27.3 Å². The van der Waals surface area contributed by atoms with Gasteiger partial charge in [-0.05, 0) is 25.0 Å². The summed E-state index contributed by atoms with van der Waals surface area (Å²) < 4.78 is 32.6. The summed E-state index contributed by atoms with van der Waals surface area (Å²) in [4.78, 5) is -0.0654. The third-order valence-corrected chi connectivity index (χ3v) is 5.57. The van der Waals surface area contributed by atoms with Crippen LogP contribution in [0.3, 0.4) is 0 Å². The van der Waals surface area contributed by atoms with E-state index in [0.717, 1.165) is 12.8 Å². The zero-order chi connectivity index (χ0) is 15.3. The molecule has 0 amide bonds. The highest BCUT2D eigenvalue weighted by atomic mass is 35.5. The van der Waals surface area contributed by atoms with Crippen molar-refractivity contribution < 1.29 is 13.2 Å². The van der Waals surface area contributed by atoms with Crippen LogP contribution in [0.15, 0.2) is 23.1 Å². The lowest BCUT2D eigenvalue weighted by Crippen LogP contribution is -2.30. The third-order valence-electron chi connectivity index (χ3n) is 3.57. The van der Waals surface area contributed by atoms with E-state index < -0.39 is 10.0 Å². The first-order chi connectivity index (χ1) is 10.0. The molecule has 0 aliphatic heterocycles. The number of hydrogen-bond acceptors (Lipinski definition) is 4. The minimum atomic E-state index is -3.71. The molecule has 1 fully saturated rings. The van der Waals surface area contributed by atoms with Gasteiger partial charge >= 0.3 is 0 Å². The Balaban J connectivity index is 1.86. The molecule has 7 heteroatoms. The molecule has 0 aromatic heterocycles. The summed E-state index contributed by atoms with van der Waals surface area (Å²) in [7, 11) is -3.71. The summed E-state index contributed by atoms with van der Waals surface area (Å²) in [5.74, 6) is 0. The second-order valence-corrected chi connectivity index (χ2v) is 7.30. The molecule has 2 rings (SSSR count). The zero-order valence-corrected chi connectivity index (χ0v) is 13.4. The van der Waals surface area contributed by atoms with Crippen molar-refractivity contribution in [3.05, 3.63) is 23.2 Å². The molecule has 0 atom stereocenters. The lowest BCUT2D eigenvalue weighted by molar-refractivity contribution is 0.0321. The van der Waals surface area contributed by atoms with Crippen LogP contribution in [0.1, 0.15) is 32.1 Å². The minimum Gasteiger partial charge on any atom is -0.398 e. The Bertz CT molecular complexity index is 551. The number of hydrogen-bond donors (Lipinski definition) is 2. The summed E-state index contributed by atoms with van der Waals surface area (Å²) in [6.45, 7) is 0.567. The van der Waals surface area contributed by atoms with Crippen molar-refractivity contribution in [3.8, 4) is 0 Å². The van der Waals surface area contributed by atoms with E-state index in [1.54, 1.807) is 6.07 Å². The highest BCUT2D eigenvalue weighted by Crippen LogP contribution is 2.26. The van der Waals surface area contributed by atoms with Crippen LogP contribution < -0.4 is 10.5 Å². The molecular weight excluding hydrogens is 312 g/mol. The van der Waals surface area contributed by atoms with Crippen LogP contribution >= 0.6 is 11.6 Å². The fourth-order valence-corrected chi connectivity index (χ4v) is 4.20. The first-order valence-electron chi connectivity index (χ1n) is 7.16. The Kier molecular flexibility index (Phi) is 5.87. The van der Waals surface area contributed by atoms with Crippen LogP contribution in [0.25, 0.3) is 0 Å². The fraction of sp³-hybridized carbons (Fsp3) is 0.571. The molecule has 1 aromatic rings. The van der Waals surface area contributed by atoms with Crippen molar-refractivity contribution in [2.24, 2.45) is 0 Å². The molecule has 0 spiro atoms. The smallest absolute Gasteiger partial charge is 0.244 e. The minimum absolute atomic E-state index is 0.0654. The average Bonchev–Trinajstić information content (AvgIpc) is 2.44. The fourth-order valence-electron chi connectivity index (χ4n) is 2.51. The van der Waals surface area contributed by atoms with Crippen LogP contribution in [0, 0.1) is 0 Å². The van der Waals surface area contributed by atoms with Crippen LogP contribution in [-0.4, -0.2) is 27.7 Å². The normalized spacial score (nSPS) is 17.0. The maximum atomic E-state index is 12.2. The van der Waals surface area contributed by atoms with Crippen molar-refractivity contribution in [2.75, 3.05) is 18.9 Å². The van der Waals surface area contributed by atoms with Gasteiger partial charge in [0.2, 0.25) is 10.0 Å². The molecule has 21 heavy (non-hydrogen) atoms. The Hall–Kier alpha value is -0.820. The van der Waals surface area contributed by atoms with Crippen molar-refractivity contribution in [2.45, 2.75) is 43.1 Å². The molecule has 3 N–H and O–H groups in total. The lowest BCUT2D eigenvalue weighted by Gasteiger charge is -2.22. The number of nitrogens with one attached hydrogen (secondary N) is 1. The Morgan fingerprint density at radius 1 is 1.29 bits per heavy atom. The molecule has 0 radical (unpaired) electrons. The van der Waals surface area contributed by atoms with Crippen molar-refractivity contribution in [1.82, 2.24) is 4.72 Å². The molecule has 1 saturated carbocycles. The number of nitrogens with two attached hydrogens (primary N) is 1. The summed E-state index contributed by atoms with van der Waals surface area (Å²) in [6.07, 6.45) is 6.01. The number of benzene rings is 1. The summed E-state index contributed by atoms with van der Waals surface area (Å²) in [5.41, 5.74) is 5.84. The van der Waals surface area contributed by atoms with Gasteiger partial charge in [0.05, 0.1) is 23.4 Å². The van der Waals surface area contributed by atoms with Crippen molar-refractivity contribution in [1.29, 1.82) is 0 Å². The number of nitrogen functional groups attached to an aromatic ring is 1. The highest BCUT2D eigenvalue weighted by Gasteiger charge is 2.21. The molecule has 118 valence electrons. The Morgan fingerprint density at radius 3 is 2.67 bits per heavy atom. The first kappa shape index (κ1) is 16.5. The zero-order valence-electron chi connectivity index (χ0n) is 11.8. The molecule has 0 saturated heterocycles. The van der Waals surface area contributed by atoms with Gasteiger partial charge in [-0.15, -0.1) is 0 Å². The Morgan fingerprint density at radius 2 is 2.00 bits per heavy atom. The molecule has 1 aliphatic carbocycles. The van der Waals surface area contributed by atoms with Gasteiger partial charge in [-0.1, -0.05) is 36.9 Å². The monoisotopic (exact) mass is 332 g/mol. The number of ether oxygens (including phenoxy) is 1. The lowest BCUT2D eigenvalue weighted by atomic mass is 9.98. The van der Waals surface area contributed by atoms with Gasteiger partial charge in [0.15, 0.2) is 0 Å². The molecule has 5 nitrogen and oxygen atoms in total. The van der Waals surface area contributed by atoms with E-state index in [1.807, 2.05) is 0 Å². The first-order valence-corrected chi connectivity index (χ1v) is 9.02. The van der Waals surface area contributed by atoms with E-state index in [-0.39, 0.29) is 28.3 Å². The predicted molar refractivity (Wildman–Crippen MR) is 83.9 cm³/mol. The summed E-state index contributed by atoms with van der Waals surface area (Å²) in [5, 5.41) is 0.121. The predicted octanol–water partition coefficient (Wildman–Crippen LogP) is 2.55. The molecule has 0 heterocycles. The second-order valence-electron chi connectivity index (χ2n) is 5.19. The average molecular weight is 333 g/mol. The van der Waals surface area contributed by atoms with Crippen molar-refractivity contribution in [3.63, 3.8) is 0 Å². The SMILES string of the molecule is Nc1cccc(Cl)c1S(=O)(=O)NCCOC1CCCCC1. The molecule has 0 bridgehead atoms. The molecular formula is C14H21ClN2O3S. The molecule has 1 aromatic carbocycles. The number of anilines is 1. The summed E-state index contributed by atoms with van der Waals surface area (Å²) >= 11 is 5.92. The van der Waals surface area contributed by atoms with E-state index >= 15 is 0 Å². The van der Waals surface area contributed by atoms with Crippen LogP contribution in [-0.2, 0) is 14.8 Å². The van der Waals surface area contributed by atoms with Gasteiger partial charge in [-0.3, -0.25) is 0 Å². The van der Waals surface area contributed by atoms with Crippen LogP contribution in [0.4, 0.5) is 5.69 Å². The van der Waals surface area contributed by atoms with Gasteiger partial charge in [0.25, 0.3) is 0 Å². The van der Waals surface area contributed by atoms with E-state index in [2.05, 4.69) is 4.72 Å². The molecule has 0 unspecified atom stereocenters. The van der Waals surface area contributed by atoms with E-state index in [9.17, 15) is 8.42 Å². The summed E-state index contributed by atoms with van der Waals surface area (Å²) in [6, 6.07) is 4.63. The third kappa shape index (κ3) is 4.57. The van der Waals surface area contributed by atoms with E-state index in [1.165, 1.54) is 31.4 Å². The van der Waals surface area contributed by atoms with Gasteiger partial charge in [0, 0.05) is 6.54 Å². The van der Waals surface area contributed by atoms with Gasteiger partial charge < -0.3 is 10.5 Å². The molecule has 1 aliphatic rings. The van der Waals surface area contributed by atoms with Gasteiger partial charge in [-0.2, -0.15) is 0 Å². The maximum Gasteiger partial charge on any atom is 0.244 e. The van der Waals surface area contributed by atoms with E-state index in [4.69, 9.17) is 22.1 Å². The number of sulfonamides is 1. The highest BCUT2D eigenvalue weighted by molar-refractivity contribution is 7.89. The number of rotatable bonds is 6. The quantitative estimate of drug-likeness (QED) is 0.619. The standard InChI is InChI=1S/C14H21ClN2O3S/c15-12-7-4-8-13(16)14(12)21(18,19)17-9-10-20-11-5-2-1-3-6-11/h4,7-8,11,17H,1-3,5-6,9-10,16H2. The van der Waals surface area contributed by atoms with Crippen LogP contribution in [0.5, 0.6) is 0 Å². The Labute approximate surface area is 130 Å². The van der Waals surface area contributed by atoms with E-state index in [0.29, 0.717) is 6.61 Å². The maximum absolute atomic E-state index is 12.2. The number of halogens is 1.